The number of hydrogen-bond acceptors (Lipinski definition) is 4. The van der Waals surface area contributed by atoms with Gasteiger partial charge in [0.05, 0.1) is 17.3 Å². The second-order valence-corrected chi connectivity index (χ2v) is 5.79. The first-order valence-corrected chi connectivity index (χ1v) is 6.73. The Bertz CT molecular complexity index is 351. The standard InChI is InChI=1S/C12H20N2OS/c1-8-3-4-9(5-8)12-14-10(7-15-2)11(6-13)16-12/h8-9H,3-7,13H2,1-2H3. The van der Waals surface area contributed by atoms with Crippen LogP contribution in [0.1, 0.15) is 47.7 Å². The first kappa shape index (κ1) is 12.0. The molecule has 0 aromatic carbocycles. The summed E-state index contributed by atoms with van der Waals surface area (Å²) < 4.78 is 5.16. The van der Waals surface area contributed by atoms with Crippen LogP contribution in [0, 0.1) is 5.92 Å². The second-order valence-electron chi connectivity index (χ2n) is 4.67. The number of thiazole rings is 1. The Balaban J connectivity index is 2.15. The predicted molar refractivity (Wildman–Crippen MR) is 66.5 cm³/mol. The van der Waals surface area contributed by atoms with E-state index in [9.17, 15) is 0 Å². The van der Waals surface area contributed by atoms with Crippen molar-refractivity contribution in [2.24, 2.45) is 11.7 Å². The number of aromatic nitrogens is 1. The van der Waals surface area contributed by atoms with E-state index in [0.717, 1.165) is 11.6 Å². The zero-order valence-electron chi connectivity index (χ0n) is 10.0. The molecular weight excluding hydrogens is 220 g/mol. The van der Waals surface area contributed by atoms with Gasteiger partial charge in [0.2, 0.25) is 0 Å². The van der Waals surface area contributed by atoms with Crippen molar-refractivity contribution in [3.63, 3.8) is 0 Å². The number of nitrogens with two attached hydrogens (primary N) is 1. The Kier molecular flexibility index (Phi) is 3.95. The summed E-state index contributed by atoms with van der Waals surface area (Å²) in [6.07, 6.45) is 3.90. The van der Waals surface area contributed by atoms with Gasteiger partial charge in [0, 0.05) is 24.4 Å². The lowest BCUT2D eigenvalue weighted by Crippen LogP contribution is -1.99. The van der Waals surface area contributed by atoms with E-state index in [1.165, 1.54) is 29.1 Å². The summed E-state index contributed by atoms with van der Waals surface area (Å²) in [5, 5.41) is 1.27. The van der Waals surface area contributed by atoms with Gasteiger partial charge in [-0.05, 0) is 18.8 Å². The molecule has 0 bridgehead atoms. The summed E-state index contributed by atoms with van der Waals surface area (Å²) >= 11 is 1.78. The highest BCUT2D eigenvalue weighted by atomic mass is 32.1. The number of methoxy groups -OCH3 is 1. The first-order chi connectivity index (χ1) is 7.74. The molecule has 1 aromatic heterocycles. The van der Waals surface area contributed by atoms with Crippen LogP contribution in [0.4, 0.5) is 0 Å². The maximum atomic E-state index is 5.74. The minimum absolute atomic E-state index is 0.582. The lowest BCUT2D eigenvalue weighted by molar-refractivity contribution is 0.181. The summed E-state index contributed by atoms with van der Waals surface area (Å²) in [5.41, 5.74) is 6.78. The van der Waals surface area contributed by atoms with Gasteiger partial charge in [0.25, 0.3) is 0 Å². The van der Waals surface area contributed by atoms with Crippen molar-refractivity contribution in [2.45, 2.75) is 45.3 Å². The summed E-state index contributed by atoms with van der Waals surface area (Å²) in [5.74, 6) is 1.51. The molecule has 2 N–H and O–H groups in total. The van der Waals surface area contributed by atoms with Crippen LogP contribution in [0.15, 0.2) is 0 Å². The molecule has 0 radical (unpaired) electrons. The van der Waals surface area contributed by atoms with E-state index in [4.69, 9.17) is 15.5 Å². The monoisotopic (exact) mass is 240 g/mol. The maximum absolute atomic E-state index is 5.74. The Morgan fingerprint density at radius 3 is 2.88 bits per heavy atom. The Morgan fingerprint density at radius 2 is 2.31 bits per heavy atom. The Morgan fingerprint density at radius 1 is 1.50 bits per heavy atom. The van der Waals surface area contributed by atoms with Crippen LogP contribution in [0.5, 0.6) is 0 Å². The van der Waals surface area contributed by atoms with E-state index in [2.05, 4.69) is 6.92 Å². The maximum Gasteiger partial charge on any atom is 0.0963 e. The smallest absolute Gasteiger partial charge is 0.0963 e. The zero-order chi connectivity index (χ0) is 11.5. The molecule has 2 rings (SSSR count). The van der Waals surface area contributed by atoms with Gasteiger partial charge in [-0.3, -0.25) is 0 Å². The largest absolute Gasteiger partial charge is 0.378 e. The van der Waals surface area contributed by atoms with Crippen LogP contribution in [0.3, 0.4) is 0 Å². The van der Waals surface area contributed by atoms with Crippen LogP contribution in [0.25, 0.3) is 0 Å². The van der Waals surface area contributed by atoms with Crippen LogP contribution in [-0.4, -0.2) is 12.1 Å². The molecule has 4 heteroatoms. The third-order valence-electron chi connectivity index (χ3n) is 3.31. The summed E-state index contributed by atoms with van der Waals surface area (Å²) in [4.78, 5) is 5.89. The molecular formula is C12H20N2OS. The van der Waals surface area contributed by atoms with Crippen LogP contribution < -0.4 is 5.73 Å². The highest BCUT2D eigenvalue weighted by Crippen LogP contribution is 2.40. The van der Waals surface area contributed by atoms with E-state index in [0.29, 0.717) is 19.1 Å². The molecule has 1 saturated carbocycles. The van der Waals surface area contributed by atoms with Gasteiger partial charge in [-0.25, -0.2) is 4.98 Å². The fraction of sp³-hybridized carbons (Fsp3) is 0.750. The van der Waals surface area contributed by atoms with Crippen molar-refractivity contribution in [2.75, 3.05) is 7.11 Å². The molecule has 1 aliphatic rings. The Hall–Kier alpha value is -0.450. The highest BCUT2D eigenvalue weighted by molar-refractivity contribution is 7.11. The molecule has 1 heterocycles. The number of hydrogen-bond donors (Lipinski definition) is 1. The summed E-state index contributed by atoms with van der Waals surface area (Å²) in [6.45, 7) is 3.50. The molecule has 0 aliphatic heterocycles. The third-order valence-corrected chi connectivity index (χ3v) is 4.59. The topological polar surface area (TPSA) is 48.1 Å². The van der Waals surface area contributed by atoms with Crippen molar-refractivity contribution in [1.82, 2.24) is 4.98 Å². The van der Waals surface area contributed by atoms with E-state index < -0.39 is 0 Å². The Labute approximate surface area is 101 Å². The SMILES string of the molecule is COCc1nc(C2CCC(C)C2)sc1CN. The molecule has 16 heavy (non-hydrogen) atoms. The van der Waals surface area contributed by atoms with Crippen molar-refractivity contribution in [1.29, 1.82) is 0 Å². The van der Waals surface area contributed by atoms with Crippen molar-refractivity contribution in [3.8, 4) is 0 Å². The van der Waals surface area contributed by atoms with Gasteiger partial charge in [-0.15, -0.1) is 11.3 Å². The van der Waals surface area contributed by atoms with Gasteiger partial charge >= 0.3 is 0 Å². The molecule has 2 unspecified atom stereocenters. The lowest BCUT2D eigenvalue weighted by atomic mass is 10.1. The van der Waals surface area contributed by atoms with E-state index >= 15 is 0 Å². The molecule has 2 atom stereocenters. The second kappa shape index (κ2) is 5.25. The molecule has 3 nitrogen and oxygen atoms in total. The summed E-state index contributed by atoms with van der Waals surface area (Å²) in [7, 11) is 1.71. The molecule has 90 valence electrons. The van der Waals surface area contributed by atoms with Crippen LogP contribution in [0.2, 0.25) is 0 Å². The van der Waals surface area contributed by atoms with Gasteiger partial charge in [-0.1, -0.05) is 13.3 Å². The van der Waals surface area contributed by atoms with Gasteiger partial charge < -0.3 is 10.5 Å². The quantitative estimate of drug-likeness (QED) is 0.880. The third kappa shape index (κ3) is 2.44. The number of ether oxygens (including phenoxy) is 1. The molecule has 1 aliphatic carbocycles. The van der Waals surface area contributed by atoms with E-state index in [1.54, 1.807) is 18.4 Å². The fourth-order valence-electron chi connectivity index (χ4n) is 2.42. The first-order valence-electron chi connectivity index (χ1n) is 5.92. The fourth-order valence-corrected chi connectivity index (χ4v) is 3.51. The molecule has 0 amide bonds. The van der Waals surface area contributed by atoms with Gasteiger partial charge in [0.1, 0.15) is 0 Å². The highest BCUT2D eigenvalue weighted by Gasteiger charge is 2.26. The zero-order valence-corrected chi connectivity index (χ0v) is 10.8. The number of nitrogens with zero attached hydrogens (tertiary/aromatic N) is 1. The van der Waals surface area contributed by atoms with Crippen molar-refractivity contribution >= 4 is 11.3 Å². The van der Waals surface area contributed by atoms with Crippen LogP contribution >= 0.6 is 11.3 Å². The molecule has 0 saturated heterocycles. The van der Waals surface area contributed by atoms with Gasteiger partial charge in [0.15, 0.2) is 0 Å². The molecule has 1 aromatic rings. The number of rotatable bonds is 4. The lowest BCUT2D eigenvalue weighted by Gasteiger charge is -2.04. The minimum Gasteiger partial charge on any atom is -0.378 e. The molecule has 0 spiro atoms. The van der Waals surface area contributed by atoms with E-state index in [1.807, 2.05) is 0 Å². The normalized spacial score (nSPS) is 25.2. The molecule has 1 fully saturated rings. The minimum atomic E-state index is 0.582. The van der Waals surface area contributed by atoms with Crippen molar-refractivity contribution in [3.05, 3.63) is 15.6 Å². The van der Waals surface area contributed by atoms with E-state index in [-0.39, 0.29) is 0 Å². The average molecular weight is 240 g/mol. The van der Waals surface area contributed by atoms with Crippen molar-refractivity contribution < 1.29 is 4.74 Å². The predicted octanol–water partition coefficient (Wildman–Crippen LogP) is 2.65. The summed E-state index contributed by atoms with van der Waals surface area (Å²) in [6, 6.07) is 0. The average Bonchev–Trinajstić information content (AvgIpc) is 2.85. The van der Waals surface area contributed by atoms with Gasteiger partial charge in [-0.2, -0.15) is 0 Å². The van der Waals surface area contributed by atoms with Crippen LogP contribution in [-0.2, 0) is 17.9 Å².